The van der Waals surface area contributed by atoms with Crippen LogP contribution in [0.25, 0.3) is 11.1 Å². The number of rotatable bonds is 8. The fourth-order valence-electron chi connectivity index (χ4n) is 5.21. The summed E-state index contributed by atoms with van der Waals surface area (Å²) in [6, 6.07) is 9.53. The number of aromatic nitrogens is 1. The van der Waals surface area contributed by atoms with Crippen LogP contribution in [0.1, 0.15) is 99.4 Å². The molecule has 4 heteroatoms. The van der Waals surface area contributed by atoms with Crippen LogP contribution >= 0.6 is 0 Å². The lowest BCUT2D eigenvalue weighted by Crippen LogP contribution is -2.40. The summed E-state index contributed by atoms with van der Waals surface area (Å²) in [7, 11) is 3.87. The Morgan fingerprint density at radius 3 is 2.36 bits per heavy atom. The maximum absolute atomic E-state index is 13.2. The second-order valence-electron chi connectivity index (χ2n) is 11.6. The number of benzene rings is 1. The third kappa shape index (κ3) is 4.27. The second kappa shape index (κ2) is 8.30. The van der Waals surface area contributed by atoms with Crippen LogP contribution in [0.2, 0.25) is 0 Å². The van der Waals surface area contributed by atoms with Crippen molar-refractivity contribution >= 4 is 5.91 Å². The largest absolute Gasteiger partial charge is 0.374 e. The Hall–Kier alpha value is -2.07. The maximum Gasteiger partial charge on any atom is 0.268 e. The van der Waals surface area contributed by atoms with Crippen LogP contribution in [0.3, 0.4) is 0 Å². The number of nitrogens with zero attached hydrogens (tertiary/aromatic N) is 1. The van der Waals surface area contributed by atoms with Gasteiger partial charge in [-0.2, -0.15) is 0 Å². The Kier molecular flexibility index (Phi) is 5.71. The topological polar surface area (TPSA) is 43.3 Å². The number of methoxy groups -OCH3 is 1. The summed E-state index contributed by atoms with van der Waals surface area (Å²) in [5.74, 6) is 0.810. The van der Waals surface area contributed by atoms with Crippen molar-refractivity contribution in [3.05, 3.63) is 46.8 Å². The van der Waals surface area contributed by atoms with Gasteiger partial charge in [0.05, 0.1) is 5.60 Å². The Balaban J connectivity index is 1.60. The molecule has 5 rings (SSSR count). The minimum atomic E-state index is -0.358. The lowest BCUT2D eigenvalue weighted by Gasteiger charge is -2.28. The van der Waals surface area contributed by atoms with Crippen molar-refractivity contribution in [2.45, 2.75) is 95.6 Å². The minimum Gasteiger partial charge on any atom is -0.374 e. The summed E-state index contributed by atoms with van der Waals surface area (Å²) in [6.07, 6.45) is 10.9. The molecule has 4 nitrogen and oxygen atoms in total. The number of hydrogen-bond donors (Lipinski definition) is 1. The molecule has 1 amide bonds. The van der Waals surface area contributed by atoms with Crippen LogP contribution in [0, 0.1) is 5.92 Å². The van der Waals surface area contributed by atoms with Crippen molar-refractivity contribution < 1.29 is 9.53 Å². The summed E-state index contributed by atoms with van der Waals surface area (Å²) in [5.41, 5.74) is 7.07. The van der Waals surface area contributed by atoms with E-state index in [9.17, 15) is 4.79 Å². The molecule has 2 aromatic rings. The van der Waals surface area contributed by atoms with Gasteiger partial charge in [-0.25, -0.2) is 0 Å². The molecule has 33 heavy (non-hydrogen) atoms. The average Bonchev–Trinajstić information content (AvgIpc) is 3.40. The van der Waals surface area contributed by atoms with Gasteiger partial charge in [0.1, 0.15) is 5.69 Å². The van der Waals surface area contributed by atoms with Crippen LogP contribution in [0.15, 0.2) is 24.3 Å². The Labute approximate surface area is 199 Å². The van der Waals surface area contributed by atoms with Crippen LogP contribution in [-0.2, 0) is 29.2 Å². The lowest BCUT2D eigenvalue weighted by molar-refractivity contribution is 0.0192. The molecule has 0 bridgehead atoms. The molecule has 3 saturated carbocycles. The maximum atomic E-state index is 13.2. The summed E-state index contributed by atoms with van der Waals surface area (Å²) in [4.78, 5) is 13.2. The molecule has 178 valence electrons. The Bertz CT molecular complexity index is 1050. The Morgan fingerprint density at radius 1 is 1.12 bits per heavy atom. The predicted octanol–water partition coefficient (Wildman–Crippen LogP) is 6.25. The zero-order valence-corrected chi connectivity index (χ0v) is 21.1. The predicted molar refractivity (Wildman–Crippen MR) is 134 cm³/mol. The SMILES string of the molecule is COC(C)(C)c1cc(-c2cc(C(=O)NC3CCC3)n(C)c2CC2CCC2)cc(C2(C)CC2)c1. The first-order chi connectivity index (χ1) is 15.7. The van der Waals surface area contributed by atoms with Gasteiger partial charge in [-0.15, -0.1) is 0 Å². The highest BCUT2D eigenvalue weighted by Gasteiger charge is 2.40. The number of nitrogens with one attached hydrogen (secondary N) is 1. The quantitative estimate of drug-likeness (QED) is 0.519. The molecule has 0 spiro atoms. The third-order valence-electron chi connectivity index (χ3n) is 8.88. The van der Waals surface area contributed by atoms with Gasteiger partial charge >= 0.3 is 0 Å². The highest BCUT2D eigenvalue weighted by atomic mass is 16.5. The first-order valence-corrected chi connectivity index (χ1v) is 12.9. The number of carbonyl (C=O) groups is 1. The molecule has 0 aliphatic heterocycles. The molecule has 0 saturated heterocycles. The van der Waals surface area contributed by atoms with E-state index in [2.05, 4.69) is 62.0 Å². The normalized spacial score (nSPS) is 20.3. The van der Waals surface area contributed by atoms with Crippen LogP contribution < -0.4 is 5.32 Å². The van der Waals surface area contributed by atoms with Gasteiger partial charge in [-0.3, -0.25) is 4.79 Å². The Morgan fingerprint density at radius 2 is 1.82 bits per heavy atom. The fraction of sp³-hybridized carbons (Fsp3) is 0.621. The van der Waals surface area contributed by atoms with E-state index in [1.165, 1.54) is 66.5 Å². The molecule has 1 aromatic carbocycles. The first kappa shape index (κ1) is 22.7. The van der Waals surface area contributed by atoms with Gasteiger partial charge in [0, 0.05) is 31.5 Å². The number of hydrogen-bond acceptors (Lipinski definition) is 2. The zero-order chi connectivity index (χ0) is 23.4. The highest BCUT2D eigenvalue weighted by Crippen LogP contribution is 2.49. The molecule has 3 aliphatic rings. The van der Waals surface area contributed by atoms with Crippen LogP contribution in [-0.4, -0.2) is 23.6 Å². The molecule has 1 N–H and O–H groups in total. The molecular formula is C29H40N2O2. The third-order valence-corrected chi connectivity index (χ3v) is 8.88. The van der Waals surface area contributed by atoms with Gasteiger partial charge in [0.15, 0.2) is 0 Å². The molecule has 3 aliphatic carbocycles. The van der Waals surface area contributed by atoms with Gasteiger partial charge in [0.2, 0.25) is 0 Å². The van der Waals surface area contributed by atoms with Gasteiger partial charge < -0.3 is 14.6 Å². The van der Waals surface area contributed by atoms with E-state index >= 15 is 0 Å². The van der Waals surface area contributed by atoms with Crippen molar-refractivity contribution in [3.8, 4) is 11.1 Å². The van der Waals surface area contributed by atoms with E-state index in [0.29, 0.717) is 6.04 Å². The number of carbonyl (C=O) groups excluding carboxylic acids is 1. The average molecular weight is 449 g/mol. The monoisotopic (exact) mass is 448 g/mol. The van der Waals surface area contributed by atoms with E-state index in [4.69, 9.17) is 4.74 Å². The smallest absolute Gasteiger partial charge is 0.268 e. The van der Waals surface area contributed by atoms with Crippen molar-refractivity contribution in [3.63, 3.8) is 0 Å². The van der Waals surface area contributed by atoms with Crippen molar-refractivity contribution in [1.29, 1.82) is 0 Å². The summed E-state index contributed by atoms with van der Waals surface area (Å²) in [6.45, 7) is 6.65. The van der Waals surface area contributed by atoms with E-state index < -0.39 is 0 Å². The first-order valence-electron chi connectivity index (χ1n) is 12.9. The molecule has 0 unspecified atom stereocenters. The molecular weight excluding hydrogens is 408 g/mol. The van der Waals surface area contributed by atoms with E-state index in [0.717, 1.165) is 30.9 Å². The highest BCUT2D eigenvalue weighted by molar-refractivity contribution is 5.95. The van der Waals surface area contributed by atoms with E-state index in [1.807, 2.05) is 0 Å². The van der Waals surface area contributed by atoms with Crippen molar-refractivity contribution in [2.75, 3.05) is 7.11 Å². The van der Waals surface area contributed by atoms with E-state index in [1.54, 1.807) is 7.11 Å². The van der Waals surface area contributed by atoms with Crippen molar-refractivity contribution in [2.24, 2.45) is 13.0 Å². The zero-order valence-electron chi connectivity index (χ0n) is 21.1. The van der Waals surface area contributed by atoms with E-state index in [-0.39, 0.29) is 16.9 Å². The molecule has 0 atom stereocenters. The fourth-order valence-corrected chi connectivity index (χ4v) is 5.21. The lowest BCUT2D eigenvalue weighted by atomic mass is 9.80. The van der Waals surface area contributed by atoms with Gasteiger partial charge in [0.25, 0.3) is 5.91 Å². The standard InChI is InChI=1S/C29H40N2O2/c1-28(2,33-5)21-15-20(16-22(17-21)29(3)12-13-29)24-18-26(27(32)30-23-10-7-11-23)31(4)25(24)14-19-8-6-9-19/h15-19,23H,6-14H2,1-5H3,(H,30,32). The second-order valence-corrected chi connectivity index (χ2v) is 11.6. The summed E-state index contributed by atoms with van der Waals surface area (Å²) in [5, 5.41) is 3.26. The van der Waals surface area contributed by atoms with Crippen molar-refractivity contribution in [1.82, 2.24) is 9.88 Å². The van der Waals surface area contributed by atoms with Crippen LogP contribution in [0.5, 0.6) is 0 Å². The van der Waals surface area contributed by atoms with Crippen LogP contribution in [0.4, 0.5) is 0 Å². The molecule has 0 radical (unpaired) electrons. The molecule has 3 fully saturated rings. The summed E-state index contributed by atoms with van der Waals surface area (Å²) < 4.78 is 8.06. The summed E-state index contributed by atoms with van der Waals surface area (Å²) >= 11 is 0. The van der Waals surface area contributed by atoms with Gasteiger partial charge in [-0.05, 0) is 92.5 Å². The minimum absolute atomic E-state index is 0.0751. The number of amides is 1. The van der Waals surface area contributed by atoms with Gasteiger partial charge in [-0.1, -0.05) is 38.3 Å². The molecule has 1 heterocycles. The number of ether oxygens (including phenoxy) is 1. The molecule has 1 aromatic heterocycles.